The molecule has 0 bridgehead atoms. The first-order valence-electron chi connectivity index (χ1n) is 18.4. The molecular formula is C31H42N5O6P. The van der Waals surface area contributed by atoms with Crippen LogP contribution in [0.2, 0.25) is 0 Å². The minimum Gasteiger partial charge on any atom is -0.462 e. The van der Waals surface area contributed by atoms with Crippen molar-refractivity contribution < 1.29 is 40.2 Å². The van der Waals surface area contributed by atoms with Crippen molar-refractivity contribution in [2.45, 2.75) is 78.5 Å². The zero-order valence-corrected chi connectivity index (χ0v) is 24.9. The Hall–Kier alpha value is -3.50. The topological polar surface area (TPSA) is 140 Å². The number of unbranched alkanes of at least 4 members (excludes halogenated alkanes) is 1. The van der Waals surface area contributed by atoms with Crippen LogP contribution in [-0.4, -0.2) is 45.9 Å². The van der Waals surface area contributed by atoms with Crippen LogP contribution < -0.4 is 15.3 Å². The van der Waals surface area contributed by atoms with Crippen LogP contribution in [-0.2, 0) is 30.0 Å². The molecule has 232 valence electrons. The summed E-state index contributed by atoms with van der Waals surface area (Å²) in [6.45, 7) is -6.19. The Morgan fingerprint density at radius 1 is 1.09 bits per heavy atom. The van der Waals surface area contributed by atoms with Crippen LogP contribution in [0.25, 0.3) is 21.9 Å². The van der Waals surface area contributed by atoms with Gasteiger partial charge in [-0.05, 0) is 52.1 Å². The number of nitrogens with two attached hydrogens (primary N) is 1. The van der Waals surface area contributed by atoms with E-state index in [2.05, 4.69) is 10.1 Å². The van der Waals surface area contributed by atoms with Gasteiger partial charge in [-0.3, -0.25) is 9.32 Å². The van der Waals surface area contributed by atoms with E-state index >= 15 is 0 Å². The Bertz CT molecular complexity index is 1860. The van der Waals surface area contributed by atoms with Crippen molar-refractivity contribution in [2.24, 2.45) is 0 Å². The number of carbonyl (C=O) groups is 1. The van der Waals surface area contributed by atoms with Crippen molar-refractivity contribution in [2.75, 3.05) is 18.9 Å². The number of ether oxygens (including phenoxy) is 2. The highest BCUT2D eigenvalue weighted by Crippen LogP contribution is 2.46. The lowest BCUT2D eigenvalue weighted by Crippen LogP contribution is -2.36. The predicted molar refractivity (Wildman–Crippen MR) is 168 cm³/mol. The van der Waals surface area contributed by atoms with Gasteiger partial charge in [-0.1, -0.05) is 56.2 Å². The zero-order valence-electron chi connectivity index (χ0n) is 33.0. The molecule has 12 heteroatoms. The van der Waals surface area contributed by atoms with E-state index in [1.807, 2.05) is 36.6 Å². The maximum Gasteiger partial charge on any atom is 0.459 e. The molecule has 0 spiro atoms. The number of nitrogens with zero attached hydrogens (tertiary/aromatic N) is 3. The van der Waals surface area contributed by atoms with Gasteiger partial charge in [-0.25, -0.2) is 14.5 Å². The number of pyridine rings is 1. The molecule has 3 N–H and O–H groups in total. The second kappa shape index (κ2) is 14.8. The summed E-state index contributed by atoms with van der Waals surface area (Å²) in [5.74, 6) is -1.21. The van der Waals surface area contributed by atoms with Crippen molar-refractivity contribution in [3.8, 4) is 5.75 Å². The fourth-order valence-electron chi connectivity index (χ4n) is 4.57. The highest BCUT2D eigenvalue weighted by atomic mass is 31.2. The van der Waals surface area contributed by atoms with Crippen LogP contribution in [0.1, 0.15) is 77.9 Å². The highest BCUT2D eigenvalue weighted by Gasteiger charge is 2.34. The lowest BCUT2D eigenvalue weighted by molar-refractivity contribution is -0.149. The lowest BCUT2D eigenvalue weighted by atomic mass is 10.1. The van der Waals surface area contributed by atoms with Crippen LogP contribution >= 0.6 is 7.75 Å². The number of nitrogen functional groups attached to an aromatic ring is 1. The van der Waals surface area contributed by atoms with Gasteiger partial charge < -0.3 is 24.3 Å². The van der Waals surface area contributed by atoms with Crippen molar-refractivity contribution in [1.29, 1.82) is 0 Å². The maximum atomic E-state index is 14.6. The number of rotatable bonds is 16. The van der Waals surface area contributed by atoms with Gasteiger partial charge in [0.25, 0.3) is 0 Å². The number of para-hydroxylation sites is 2. The number of nitrogens with one attached hydrogen (secondary N) is 1. The number of aromatic nitrogens is 3. The molecule has 0 unspecified atom stereocenters. The Morgan fingerprint density at radius 2 is 1.86 bits per heavy atom. The largest absolute Gasteiger partial charge is 0.462 e. The molecule has 4 aromatic rings. The second-order valence-electron chi connectivity index (χ2n) is 9.62. The summed E-state index contributed by atoms with van der Waals surface area (Å²) in [6.07, 6.45) is -0.825. The summed E-state index contributed by atoms with van der Waals surface area (Å²) in [5.41, 5.74) is 7.98. The smallest absolute Gasteiger partial charge is 0.459 e. The van der Waals surface area contributed by atoms with E-state index < -0.39 is 59.1 Å². The molecule has 2 aromatic carbocycles. The average Bonchev–Trinajstić information content (AvgIpc) is 3.44. The van der Waals surface area contributed by atoms with Gasteiger partial charge in [0.05, 0.1) is 29.8 Å². The van der Waals surface area contributed by atoms with Crippen molar-refractivity contribution in [3.05, 3.63) is 60.4 Å². The third-order valence-corrected chi connectivity index (χ3v) is 8.00. The van der Waals surface area contributed by atoms with Crippen LogP contribution in [0.15, 0.2) is 54.6 Å². The fraction of sp³-hybridized carbons (Fsp3) is 0.452. The third-order valence-electron chi connectivity index (χ3n) is 6.48. The Morgan fingerprint density at radius 3 is 2.58 bits per heavy atom. The van der Waals surface area contributed by atoms with Crippen LogP contribution in [0.4, 0.5) is 5.82 Å². The van der Waals surface area contributed by atoms with Crippen LogP contribution in [0, 0.1) is 0 Å². The molecule has 0 fully saturated rings. The molecule has 2 aromatic heterocycles. The van der Waals surface area contributed by atoms with Gasteiger partial charge in [0.15, 0.2) is 5.82 Å². The van der Waals surface area contributed by atoms with Crippen molar-refractivity contribution in [3.63, 3.8) is 0 Å². The molecule has 0 aliphatic carbocycles. The number of hydrogen-bond donors (Lipinski definition) is 2. The van der Waals surface area contributed by atoms with E-state index in [0.717, 1.165) is 6.42 Å². The molecule has 0 saturated heterocycles. The van der Waals surface area contributed by atoms with Crippen LogP contribution in [0.5, 0.6) is 5.75 Å². The highest BCUT2D eigenvalue weighted by molar-refractivity contribution is 7.52. The number of fused-ring (bicyclic) bond motifs is 3. The first-order valence-corrected chi connectivity index (χ1v) is 15.4. The number of benzene rings is 2. The SMILES string of the molecule is [2H]C([2H])([2H])C(OC(=O)[C@@H](N[P@@](=O)(OC[C@@H](CCCC)n1c(COCC)nc2c(N)nc3ccccc3c21)Oc1ccccc1)C([2H])([2H])[2H])C([2H])([2H])[2H]. The number of imidazole rings is 1. The van der Waals surface area contributed by atoms with Crippen LogP contribution in [0.3, 0.4) is 0 Å². The van der Waals surface area contributed by atoms with Gasteiger partial charge >= 0.3 is 13.7 Å². The Balaban J connectivity index is 1.80. The van der Waals surface area contributed by atoms with E-state index in [0.29, 0.717) is 47.2 Å². The molecule has 4 rings (SSSR count). The average molecular weight is 621 g/mol. The van der Waals surface area contributed by atoms with E-state index in [4.69, 9.17) is 41.6 Å². The summed E-state index contributed by atoms with van der Waals surface area (Å²) in [5, 5.41) is 2.85. The van der Waals surface area contributed by atoms with E-state index in [1.54, 1.807) is 24.3 Å². The molecule has 0 aliphatic rings. The number of anilines is 1. The summed E-state index contributed by atoms with van der Waals surface area (Å²) in [6, 6.07) is 11.7. The monoisotopic (exact) mass is 620 g/mol. The zero-order chi connectivity index (χ0) is 38.5. The number of carbonyl (C=O) groups excluding carboxylic acids is 1. The Kier molecular flexibility index (Phi) is 7.59. The van der Waals surface area contributed by atoms with Gasteiger partial charge in [0.2, 0.25) is 0 Å². The molecule has 2 heterocycles. The standard InChI is InChI=1S/C31H42N5O6P/c1-6-8-14-23(19-40-43(38,42-24-15-10-9-11-16-24)35-22(5)31(37)41-21(3)4)36-27(20-39-7-2)34-28-29(36)25-17-12-13-18-26(25)33-30(28)32/h9-13,15-18,21-23H,6-8,14,19-20H2,1-5H3,(H2,32,33)(H,35,38)/t22-,23+,43+/m0/s1/i3D3,4D3,5D3. The molecule has 43 heavy (non-hydrogen) atoms. The molecule has 0 radical (unpaired) electrons. The normalized spacial score (nSPS) is 18.5. The Labute approximate surface area is 265 Å². The molecule has 0 saturated carbocycles. The van der Waals surface area contributed by atoms with Gasteiger partial charge in [0, 0.05) is 24.3 Å². The molecule has 0 aliphatic heterocycles. The lowest BCUT2D eigenvalue weighted by Gasteiger charge is -2.27. The number of hydrogen-bond acceptors (Lipinski definition) is 9. The summed E-state index contributed by atoms with van der Waals surface area (Å²) in [4.78, 5) is 22.6. The fourth-order valence-corrected chi connectivity index (χ4v) is 5.94. The maximum absolute atomic E-state index is 14.6. The third kappa shape index (κ3) is 8.12. The summed E-state index contributed by atoms with van der Waals surface area (Å²) < 4.78 is 108. The van der Waals surface area contributed by atoms with E-state index in [9.17, 15) is 9.36 Å². The molecule has 3 atom stereocenters. The summed E-state index contributed by atoms with van der Waals surface area (Å²) >= 11 is 0. The van der Waals surface area contributed by atoms with Crippen molar-refractivity contribution in [1.82, 2.24) is 19.6 Å². The molecular weight excluding hydrogens is 569 g/mol. The van der Waals surface area contributed by atoms with Gasteiger partial charge in [-0.15, -0.1) is 0 Å². The van der Waals surface area contributed by atoms with E-state index in [-0.39, 0.29) is 18.2 Å². The van der Waals surface area contributed by atoms with Gasteiger partial charge in [-0.2, -0.15) is 5.09 Å². The summed E-state index contributed by atoms with van der Waals surface area (Å²) in [7, 11) is -4.91. The minimum absolute atomic E-state index is 0.0288. The first kappa shape index (κ1) is 22.1. The van der Waals surface area contributed by atoms with E-state index in [1.165, 1.54) is 12.1 Å². The quantitative estimate of drug-likeness (QED) is 0.104. The van der Waals surface area contributed by atoms with Gasteiger partial charge in [0.1, 0.15) is 29.7 Å². The second-order valence-corrected chi connectivity index (χ2v) is 11.3. The molecule has 11 nitrogen and oxygen atoms in total. The first-order chi connectivity index (χ1) is 24.3. The minimum atomic E-state index is -4.91. The predicted octanol–water partition coefficient (Wildman–Crippen LogP) is 6.57. The number of esters is 1. The molecule has 0 amide bonds. The van der Waals surface area contributed by atoms with Crippen molar-refractivity contribution >= 4 is 41.5 Å².